The summed E-state index contributed by atoms with van der Waals surface area (Å²) < 4.78 is 40.2. The first-order chi connectivity index (χ1) is 19.2. The molecular weight excluding hydrogens is 554 g/mol. The Kier molecular flexibility index (Phi) is 9.54. The van der Waals surface area contributed by atoms with Crippen LogP contribution in [0.1, 0.15) is 25.8 Å². The van der Waals surface area contributed by atoms with E-state index >= 15 is 0 Å². The molecule has 2 amide bonds. The van der Waals surface area contributed by atoms with E-state index in [0.717, 1.165) is 9.87 Å². The molecule has 1 atom stereocenters. The number of carbonyl (C=O) groups is 2. The number of rotatable bonds is 11. The third-order valence-corrected chi connectivity index (χ3v) is 8.47. The average Bonchev–Trinajstić information content (AvgIpc) is 2.97. The van der Waals surface area contributed by atoms with Gasteiger partial charge in [0.05, 0.1) is 10.6 Å². The van der Waals surface area contributed by atoms with Crippen LogP contribution in [0.15, 0.2) is 77.7 Å². The predicted molar refractivity (Wildman–Crippen MR) is 153 cm³/mol. The molecule has 0 saturated carbocycles. The van der Waals surface area contributed by atoms with Crippen molar-refractivity contribution >= 4 is 39.1 Å². The lowest BCUT2D eigenvalue weighted by molar-refractivity contribution is -0.140. The van der Waals surface area contributed by atoms with Crippen LogP contribution in [-0.4, -0.2) is 57.5 Å². The molecule has 0 radical (unpaired) electrons. The van der Waals surface area contributed by atoms with Crippen LogP contribution in [-0.2, 0) is 26.2 Å². The van der Waals surface area contributed by atoms with Crippen LogP contribution < -0.4 is 19.1 Å². The number of hydrogen-bond donors (Lipinski definition) is 1. The van der Waals surface area contributed by atoms with Crippen molar-refractivity contribution in [2.45, 2.75) is 37.8 Å². The van der Waals surface area contributed by atoms with Crippen LogP contribution >= 0.6 is 11.6 Å². The molecule has 1 N–H and O–H groups in total. The van der Waals surface area contributed by atoms with Gasteiger partial charge in [-0.05, 0) is 55.3 Å². The number of carbonyl (C=O) groups excluding carboxylic acids is 2. The molecule has 1 heterocycles. The molecule has 9 nitrogen and oxygen atoms in total. The Morgan fingerprint density at radius 1 is 0.950 bits per heavy atom. The molecule has 0 aliphatic carbocycles. The third-order valence-electron chi connectivity index (χ3n) is 6.43. The van der Waals surface area contributed by atoms with E-state index in [1.807, 2.05) is 0 Å². The van der Waals surface area contributed by atoms with Crippen molar-refractivity contribution in [2.75, 3.05) is 30.6 Å². The number of nitrogens with one attached hydrogen (secondary N) is 1. The summed E-state index contributed by atoms with van der Waals surface area (Å²) in [7, 11) is -4.18. The molecule has 0 unspecified atom stereocenters. The van der Waals surface area contributed by atoms with E-state index in [0.29, 0.717) is 42.7 Å². The molecule has 0 bridgehead atoms. The Balaban J connectivity index is 1.75. The van der Waals surface area contributed by atoms with Gasteiger partial charge < -0.3 is 19.7 Å². The maximum atomic E-state index is 14.0. The molecular formula is C29H32ClN3O6S. The number of benzene rings is 3. The maximum absolute atomic E-state index is 14.0. The van der Waals surface area contributed by atoms with Crippen molar-refractivity contribution in [3.8, 4) is 11.5 Å². The van der Waals surface area contributed by atoms with E-state index in [9.17, 15) is 18.0 Å². The number of halogens is 1. The molecule has 1 aliphatic rings. The highest BCUT2D eigenvalue weighted by Gasteiger charge is 2.34. The molecule has 0 saturated heterocycles. The summed E-state index contributed by atoms with van der Waals surface area (Å²) in [6.45, 7) is 4.25. The van der Waals surface area contributed by atoms with Crippen molar-refractivity contribution in [1.29, 1.82) is 0 Å². The predicted octanol–water partition coefficient (Wildman–Crippen LogP) is 4.25. The summed E-state index contributed by atoms with van der Waals surface area (Å²) >= 11 is 6.05. The Morgan fingerprint density at radius 3 is 2.27 bits per heavy atom. The highest BCUT2D eigenvalue weighted by atomic mass is 35.5. The lowest BCUT2D eigenvalue weighted by Gasteiger charge is -2.33. The van der Waals surface area contributed by atoms with Crippen LogP contribution in [0.4, 0.5) is 5.69 Å². The van der Waals surface area contributed by atoms with Gasteiger partial charge in [0.1, 0.15) is 25.8 Å². The number of nitrogens with zero attached hydrogens (tertiary/aromatic N) is 2. The van der Waals surface area contributed by atoms with Crippen LogP contribution in [0, 0.1) is 0 Å². The molecule has 0 spiro atoms. The van der Waals surface area contributed by atoms with Crippen molar-refractivity contribution < 1.29 is 27.5 Å². The van der Waals surface area contributed by atoms with Gasteiger partial charge in [-0.25, -0.2) is 8.42 Å². The van der Waals surface area contributed by atoms with Crippen molar-refractivity contribution in [3.63, 3.8) is 0 Å². The second kappa shape index (κ2) is 13.1. The highest BCUT2D eigenvalue weighted by Crippen LogP contribution is 2.36. The fourth-order valence-corrected chi connectivity index (χ4v) is 5.99. The van der Waals surface area contributed by atoms with Gasteiger partial charge in [-0.15, -0.1) is 0 Å². The minimum atomic E-state index is -4.18. The van der Waals surface area contributed by atoms with Gasteiger partial charge >= 0.3 is 0 Å². The van der Waals surface area contributed by atoms with Gasteiger partial charge in [0, 0.05) is 24.2 Å². The smallest absolute Gasteiger partial charge is 0.264 e. The maximum Gasteiger partial charge on any atom is 0.264 e. The minimum absolute atomic E-state index is 0.0257. The van der Waals surface area contributed by atoms with Crippen LogP contribution in [0.3, 0.4) is 0 Å². The van der Waals surface area contributed by atoms with Gasteiger partial charge in [0.15, 0.2) is 11.5 Å². The first kappa shape index (κ1) is 29.2. The Hall–Kier alpha value is -3.76. The summed E-state index contributed by atoms with van der Waals surface area (Å²) in [4.78, 5) is 28.5. The van der Waals surface area contributed by atoms with E-state index in [1.54, 1.807) is 74.5 Å². The zero-order valence-electron chi connectivity index (χ0n) is 22.4. The number of hydrogen-bond acceptors (Lipinski definition) is 6. The van der Waals surface area contributed by atoms with Crippen LogP contribution in [0.25, 0.3) is 0 Å². The fourth-order valence-electron chi connectivity index (χ4n) is 4.43. The first-order valence-electron chi connectivity index (χ1n) is 13.0. The Morgan fingerprint density at radius 2 is 1.62 bits per heavy atom. The third kappa shape index (κ3) is 6.68. The number of anilines is 1. The SMILES string of the molecule is CCNC(=O)[C@H](CC)N(Cc1ccc(Cl)cc1)C(=O)CN(c1ccc2c(c1)OCCO2)S(=O)(=O)c1ccccc1. The molecule has 0 aromatic heterocycles. The van der Waals surface area contributed by atoms with Crippen LogP contribution in [0.2, 0.25) is 5.02 Å². The van der Waals surface area contributed by atoms with E-state index in [-0.39, 0.29) is 23.0 Å². The zero-order valence-corrected chi connectivity index (χ0v) is 24.0. The number of ether oxygens (including phenoxy) is 2. The molecule has 1 aliphatic heterocycles. The first-order valence-corrected chi connectivity index (χ1v) is 14.9. The zero-order chi connectivity index (χ0) is 28.7. The molecule has 212 valence electrons. The van der Waals surface area contributed by atoms with Gasteiger partial charge in [0.25, 0.3) is 10.0 Å². The minimum Gasteiger partial charge on any atom is -0.486 e. The molecule has 3 aromatic rings. The van der Waals surface area contributed by atoms with Crippen molar-refractivity contribution in [1.82, 2.24) is 10.2 Å². The van der Waals surface area contributed by atoms with Gasteiger partial charge in [0.2, 0.25) is 11.8 Å². The molecule has 11 heteroatoms. The van der Waals surface area contributed by atoms with E-state index in [1.165, 1.54) is 17.0 Å². The van der Waals surface area contributed by atoms with Crippen LogP contribution in [0.5, 0.6) is 11.5 Å². The molecule has 3 aromatic carbocycles. The summed E-state index contributed by atoms with van der Waals surface area (Å²) in [5, 5.41) is 3.32. The number of fused-ring (bicyclic) bond motifs is 1. The lowest BCUT2D eigenvalue weighted by Crippen LogP contribution is -2.52. The summed E-state index contributed by atoms with van der Waals surface area (Å²) in [6.07, 6.45) is 0.334. The topological polar surface area (TPSA) is 105 Å². The van der Waals surface area contributed by atoms with Gasteiger partial charge in [-0.2, -0.15) is 0 Å². The average molecular weight is 586 g/mol. The fraction of sp³-hybridized carbons (Fsp3) is 0.310. The second-order valence-corrected chi connectivity index (χ2v) is 11.4. The Bertz CT molecular complexity index is 1430. The highest BCUT2D eigenvalue weighted by molar-refractivity contribution is 7.92. The van der Waals surface area contributed by atoms with E-state index in [2.05, 4.69) is 5.32 Å². The lowest BCUT2D eigenvalue weighted by atomic mass is 10.1. The monoisotopic (exact) mass is 585 g/mol. The van der Waals surface area contributed by atoms with Gasteiger partial charge in [-0.3, -0.25) is 13.9 Å². The van der Waals surface area contributed by atoms with Crippen molar-refractivity contribution in [3.05, 3.63) is 83.4 Å². The quantitative estimate of drug-likeness (QED) is 0.361. The standard InChI is InChI=1S/C29H32ClN3O6S/c1-3-25(29(35)31-4-2)32(19-21-10-12-22(30)13-11-21)28(34)20-33(40(36,37)24-8-6-5-7-9-24)23-14-15-26-27(18-23)39-17-16-38-26/h5-15,18,25H,3-4,16-17,19-20H2,1-2H3,(H,31,35)/t25-/m0/s1. The molecule has 40 heavy (non-hydrogen) atoms. The largest absolute Gasteiger partial charge is 0.486 e. The normalized spacial score (nSPS) is 13.3. The summed E-state index contributed by atoms with van der Waals surface area (Å²) in [5.41, 5.74) is 0.983. The summed E-state index contributed by atoms with van der Waals surface area (Å²) in [6, 6.07) is 18.8. The molecule has 4 rings (SSSR count). The van der Waals surface area contributed by atoms with E-state index < -0.39 is 28.5 Å². The van der Waals surface area contributed by atoms with E-state index in [4.69, 9.17) is 21.1 Å². The van der Waals surface area contributed by atoms with Crippen molar-refractivity contribution in [2.24, 2.45) is 0 Å². The molecule has 0 fully saturated rings. The number of sulfonamides is 1. The second-order valence-electron chi connectivity index (χ2n) is 9.12. The Labute approximate surface area is 239 Å². The van der Waals surface area contributed by atoms with Gasteiger partial charge in [-0.1, -0.05) is 48.9 Å². The number of amides is 2. The number of likely N-dealkylation sites (N-methyl/N-ethyl adjacent to an activating group) is 1. The summed E-state index contributed by atoms with van der Waals surface area (Å²) in [5.74, 6) is 0.0211.